The largest absolute Gasteiger partial charge is 0.395 e. The van der Waals surface area contributed by atoms with E-state index < -0.39 is 0 Å². The Labute approximate surface area is 98.5 Å². The fourth-order valence-corrected chi connectivity index (χ4v) is 1.57. The lowest BCUT2D eigenvalue weighted by Crippen LogP contribution is -2.29. The van der Waals surface area contributed by atoms with Gasteiger partial charge in [-0.2, -0.15) is 0 Å². The summed E-state index contributed by atoms with van der Waals surface area (Å²) in [4.78, 5) is 0. The van der Waals surface area contributed by atoms with Gasteiger partial charge >= 0.3 is 0 Å². The van der Waals surface area contributed by atoms with E-state index >= 15 is 0 Å². The van der Waals surface area contributed by atoms with Crippen LogP contribution >= 0.6 is 0 Å². The van der Waals surface area contributed by atoms with Gasteiger partial charge in [-0.15, -0.1) is 0 Å². The Kier molecular flexibility index (Phi) is 5.56. The minimum absolute atomic E-state index is 0.161. The standard InChI is InChI=1S/C13H24N2O/c1-11(2)6-8-15-7-4-5-13(15)9-14-12(3)10-16/h4-5,7,11-12,14,16H,6,8-10H2,1-3H3/t12-/m0/s1. The summed E-state index contributed by atoms with van der Waals surface area (Å²) in [6.07, 6.45) is 3.33. The van der Waals surface area contributed by atoms with Gasteiger partial charge in [0.05, 0.1) is 6.61 Å². The van der Waals surface area contributed by atoms with Crippen molar-refractivity contribution in [1.29, 1.82) is 0 Å². The Balaban J connectivity index is 2.43. The van der Waals surface area contributed by atoms with E-state index in [4.69, 9.17) is 5.11 Å². The van der Waals surface area contributed by atoms with Crippen LogP contribution in [0.15, 0.2) is 18.3 Å². The molecule has 3 heteroatoms. The molecule has 2 N–H and O–H groups in total. The molecule has 1 heterocycles. The molecule has 0 saturated heterocycles. The van der Waals surface area contributed by atoms with Gasteiger partial charge < -0.3 is 15.0 Å². The van der Waals surface area contributed by atoms with Crippen molar-refractivity contribution in [2.24, 2.45) is 5.92 Å². The number of nitrogens with zero attached hydrogens (tertiary/aromatic N) is 1. The van der Waals surface area contributed by atoms with Gasteiger partial charge in [0.1, 0.15) is 0 Å². The fraction of sp³-hybridized carbons (Fsp3) is 0.692. The second kappa shape index (κ2) is 6.71. The number of aromatic nitrogens is 1. The van der Waals surface area contributed by atoms with Crippen LogP contribution < -0.4 is 5.32 Å². The number of hydrogen-bond acceptors (Lipinski definition) is 2. The van der Waals surface area contributed by atoms with Gasteiger partial charge in [0, 0.05) is 31.0 Å². The van der Waals surface area contributed by atoms with Crippen molar-refractivity contribution in [2.75, 3.05) is 6.61 Å². The second-order valence-electron chi connectivity index (χ2n) is 4.84. The van der Waals surface area contributed by atoms with Crippen molar-refractivity contribution >= 4 is 0 Å². The minimum atomic E-state index is 0.161. The lowest BCUT2D eigenvalue weighted by Gasteiger charge is -2.14. The molecule has 0 saturated carbocycles. The maximum Gasteiger partial charge on any atom is 0.0582 e. The topological polar surface area (TPSA) is 37.2 Å². The van der Waals surface area contributed by atoms with Crippen LogP contribution in [-0.2, 0) is 13.1 Å². The van der Waals surface area contributed by atoms with E-state index in [-0.39, 0.29) is 12.6 Å². The van der Waals surface area contributed by atoms with Crippen molar-refractivity contribution in [3.8, 4) is 0 Å². The monoisotopic (exact) mass is 224 g/mol. The van der Waals surface area contributed by atoms with Crippen molar-refractivity contribution in [1.82, 2.24) is 9.88 Å². The Bertz CT molecular complexity index is 294. The van der Waals surface area contributed by atoms with Gasteiger partial charge in [0.2, 0.25) is 0 Å². The van der Waals surface area contributed by atoms with Crippen LogP contribution in [0.4, 0.5) is 0 Å². The molecule has 0 unspecified atom stereocenters. The third kappa shape index (κ3) is 4.37. The summed E-state index contributed by atoms with van der Waals surface area (Å²) in [5, 5.41) is 12.2. The first-order valence-electron chi connectivity index (χ1n) is 6.11. The predicted octanol–water partition coefficient (Wildman–Crippen LogP) is 2.00. The lowest BCUT2D eigenvalue weighted by molar-refractivity contribution is 0.250. The van der Waals surface area contributed by atoms with Crippen molar-refractivity contribution < 1.29 is 5.11 Å². The summed E-state index contributed by atoms with van der Waals surface area (Å²) >= 11 is 0. The second-order valence-corrected chi connectivity index (χ2v) is 4.84. The molecule has 1 rings (SSSR count). The van der Waals surface area contributed by atoms with Crippen LogP contribution in [0.2, 0.25) is 0 Å². The van der Waals surface area contributed by atoms with E-state index in [1.165, 1.54) is 12.1 Å². The number of hydrogen-bond donors (Lipinski definition) is 2. The smallest absolute Gasteiger partial charge is 0.0582 e. The van der Waals surface area contributed by atoms with Gasteiger partial charge in [-0.25, -0.2) is 0 Å². The number of nitrogens with one attached hydrogen (secondary N) is 1. The first-order valence-corrected chi connectivity index (χ1v) is 6.11. The molecule has 92 valence electrons. The molecule has 16 heavy (non-hydrogen) atoms. The van der Waals surface area contributed by atoms with E-state index in [0.29, 0.717) is 0 Å². The van der Waals surface area contributed by atoms with E-state index in [1.807, 2.05) is 6.92 Å². The maximum atomic E-state index is 8.94. The fourth-order valence-electron chi connectivity index (χ4n) is 1.57. The zero-order chi connectivity index (χ0) is 12.0. The zero-order valence-corrected chi connectivity index (χ0v) is 10.6. The third-order valence-electron chi connectivity index (χ3n) is 2.78. The number of aliphatic hydroxyl groups is 1. The first kappa shape index (κ1) is 13.3. The van der Waals surface area contributed by atoms with Crippen molar-refractivity contribution in [3.63, 3.8) is 0 Å². The van der Waals surface area contributed by atoms with E-state index in [1.54, 1.807) is 0 Å². The van der Waals surface area contributed by atoms with Gasteiger partial charge in [0.25, 0.3) is 0 Å². The molecule has 0 spiro atoms. The number of aryl methyl sites for hydroxylation is 1. The summed E-state index contributed by atoms with van der Waals surface area (Å²) in [6, 6.07) is 4.38. The normalized spacial score (nSPS) is 13.3. The Morgan fingerprint density at radius 1 is 1.38 bits per heavy atom. The van der Waals surface area contributed by atoms with Crippen LogP contribution in [0.5, 0.6) is 0 Å². The van der Waals surface area contributed by atoms with Crippen molar-refractivity contribution in [2.45, 2.75) is 46.3 Å². The molecule has 1 atom stereocenters. The minimum Gasteiger partial charge on any atom is -0.395 e. The molecule has 0 aliphatic carbocycles. The van der Waals surface area contributed by atoms with Gasteiger partial charge in [-0.05, 0) is 31.4 Å². The highest BCUT2D eigenvalue weighted by Gasteiger charge is 2.04. The molecule has 0 aromatic carbocycles. The molecule has 0 aliphatic rings. The molecule has 1 aromatic rings. The van der Waals surface area contributed by atoms with Crippen LogP contribution in [-0.4, -0.2) is 22.3 Å². The predicted molar refractivity (Wildman–Crippen MR) is 67.3 cm³/mol. The van der Waals surface area contributed by atoms with Crippen LogP contribution in [0, 0.1) is 5.92 Å². The molecule has 0 radical (unpaired) electrons. The van der Waals surface area contributed by atoms with Gasteiger partial charge in [-0.3, -0.25) is 0 Å². The molecule has 1 aromatic heterocycles. The molecule has 0 fully saturated rings. The Hall–Kier alpha value is -0.800. The summed E-state index contributed by atoms with van der Waals surface area (Å²) in [6.45, 7) is 8.57. The van der Waals surface area contributed by atoms with Crippen LogP contribution in [0.3, 0.4) is 0 Å². The van der Waals surface area contributed by atoms with E-state index in [2.05, 4.69) is 42.1 Å². The van der Waals surface area contributed by atoms with Crippen LogP contribution in [0.25, 0.3) is 0 Å². The summed E-state index contributed by atoms with van der Waals surface area (Å²) in [7, 11) is 0. The summed E-state index contributed by atoms with van der Waals surface area (Å²) < 4.78 is 2.29. The Morgan fingerprint density at radius 3 is 2.75 bits per heavy atom. The van der Waals surface area contributed by atoms with E-state index in [0.717, 1.165) is 19.0 Å². The number of aliphatic hydroxyl groups excluding tert-OH is 1. The van der Waals surface area contributed by atoms with Gasteiger partial charge in [-0.1, -0.05) is 13.8 Å². The quantitative estimate of drug-likeness (QED) is 0.743. The highest BCUT2D eigenvalue weighted by Crippen LogP contribution is 2.07. The molecule has 0 aliphatic heterocycles. The molecule has 0 bridgehead atoms. The SMILES string of the molecule is CC(C)CCn1cccc1CN[C@@H](C)CO. The highest BCUT2D eigenvalue weighted by molar-refractivity contribution is 5.07. The third-order valence-corrected chi connectivity index (χ3v) is 2.78. The van der Waals surface area contributed by atoms with Gasteiger partial charge in [0.15, 0.2) is 0 Å². The van der Waals surface area contributed by atoms with E-state index in [9.17, 15) is 0 Å². The molecule has 0 amide bonds. The number of rotatable bonds is 7. The Morgan fingerprint density at radius 2 is 2.12 bits per heavy atom. The summed E-state index contributed by atoms with van der Waals surface area (Å²) in [5.74, 6) is 0.736. The molecular weight excluding hydrogens is 200 g/mol. The first-order chi connectivity index (χ1) is 7.63. The molecular formula is C13H24N2O. The zero-order valence-electron chi connectivity index (χ0n) is 10.6. The molecule has 3 nitrogen and oxygen atoms in total. The average molecular weight is 224 g/mol. The average Bonchev–Trinajstić information content (AvgIpc) is 2.70. The lowest BCUT2D eigenvalue weighted by atomic mass is 10.1. The summed E-state index contributed by atoms with van der Waals surface area (Å²) in [5.41, 5.74) is 1.29. The highest BCUT2D eigenvalue weighted by atomic mass is 16.3. The maximum absolute atomic E-state index is 8.94. The van der Waals surface area contributed by atoms with Crippen molar-refractivity contribution in [3.05, 3.63) is 24.0 Å². The van der Waals surface area contributed by atoms with Crippen LogP contribution in [0.1, 0.15) is 32.9 Å².